The van der Waals surface area contributed by atoms with E-state index in [1.807, 2.05) is 25.2 Å². The zero-order valence-electron chi connectivity index (χ0n) is 15.4. The van der Waals surface area contributed by atoms with Crippen molar-refractivity contribution < 1.29 is 4.79 Å². The minimum absolute atomic E-state index is 0.129. The second-order valence-corrected chi connectivity index (χ2v) is 6.96. The van der Waals surface area contributed by atoms with Gasteiger partial charge in [0.05, 0.1) is 6.04 Å². The van der Waals surface area contributed by atoms with Crippen LogP contribution in [0.25, 0.3) is 10.9 Å². The maximum Gasteiger partial charge on any atom is 0.150 e. The number of aromatic amines is 1. The number of carbonyl (C=O) groups excluding carboxylic acids is 1. The van der Waals surface area contributed by atoms with Crippen molar-refractivity contribution in [3.8, 4) is 0 Å². The van der Waals surface area contributed by atoms with Crippen LogP contribution in [0.15, 0.2) is 54.6 Å². The number of rotatable bonds is 6. The lowest BCUT2D eigenvalue weighted by molar-refractivity contribution is 0.112. The molecule has 0 bridgehead atoms. The number of nitrogen functional groups attached to an aromatic ring is 1. The van der Waals surface area contributed by atoms with E-state index in [4.69, 9.17) is 5.73 Å². The number of carbonyl (C=O) groups is 1. The lowest BCUT2D eigenvalue weighted by atomic mass is 9.92. The summed E-state index contributed by atoms with van der Waals surface area (Å²) in [5, 5.41) is 4.58. The zero-order valence-corrected chi connectivity index (χ0v) is 15.4. The minimum atomic E-state index is -0.129. The van der Waals surface area contributed by atoms with Crippen LogP contribution in [0.5, 0.6) is 0 Å². The Balaban J connectivity index is 1.87. The standard InChI is InChI=1S/C22H24N4O/c1-24-22(18-12-16(23)9-8-15(18)14-27)21-17-6-2-3-7-19(17)25-20(21)13-26-10-4-5-11-26/h2-9,12,14,22,24-25H,10-11,13,23H2,1H3. The molecule has 0 saturated carbocycles. The molecule has 4 rings (SSSR count). The smallest absolute Gasteiger partial charge is 0.150 e. The molecule has 1 unspecified atom stereocenters. The second-order valence-electron chi connectivity index (χ2n) is 6.96. The van der Waals surface area contributed by atoms with Crippen LogP contribution in [0.2, 0.25) is 0 Å². The first-order valence-corrected chi connectivity index (χ1v) is 9.20. The Morgan fingerprint density at radius 2 is 2.00 bits per heavy atom. The summed E-state index contributed by atoms with van der Waals surface area (Å²) in [6.07, 6.45) is 5.29. The molecule has 5 heteroatoms. The number of nitrogens with one attached hydrogen (secondary N) is 2. The number of fused-ring (bicyclic) bond motifs is 1. The summed E-state index contributed by atoms with van der Waals surface area (Å²) in [4.78, 5) is 17.6. The van der Waals surface area contributed by atoms with Crippen molar-refractivity contribution >= 4 is 22.9 Å². The first-order valence-electron chi connectivity index (χ1n) is 9.20. The highest BCUT2D eigenvalue weighted by molar-refractivity contribution is 5.87. The van der Waals surface area contributed by atoms with Crippen LogP contribution in [0.4, 0.5) is 5.69 Å². The largest absolute Gasteiger partial charge is 0.399 e. The van der Waals surface area contributed by atoms with Gasteiger partial charge in [-0.3, -0.25) is 9.69 Å². The van der Waals surface area contributed by atoms with Crippen LogP contribution in [0, 0.1) is 0 Å². The van der Waals surface area contributed by atoms with Gasteiger partial charge in [-0.05, 0) is 36.9 Å². The molecule has 5 nitrogen and oxygen atoms in total. The summed E-state index contributed by atoms with van der Waals surface area (Å²) in [5.41, 5.74) is 11.7. The van der Waals surface area contributed by atoms with Gasteiger partial charge in [-0.1, -0.05) is 30.4 Å². The fourth-order valence-corrected chi connectivity index (χ4v) is 3.95. The third-order valence-corrected chi connectivity index (χ3v) is 5.23. The van der Waals surface area contributed by atoms with Crippen molar-refractivity contribution in [2.24, 2.45) is 0 Å². The van der Waals surface area contributed by atoms with Crippen LogP contribution < -0.4 is 11.1 Å². The average molecular weight is 360 g/mol. The highest BCUT2D eigenvalue weighted by Crippen LogP contribution is 2.34. The third kappa shape index (κ3) is 3.27. The number of aldehydes is 1. The number of benzene rings is 2. The van der Waals surface area contributed by atoms with E-state index in [9.17, 15) is 4.79 Å². The molecule has 1 aromatic heterocycles. The first kappa shape index (κ1) is 17.5. The molecule has 1 aliphatic heterocycles. The first-order chi connectivity index (χ1) is 13.2. The topological polar surface area (TPSA) is 74.2 Å². The Morgan fingerprint density at radius 1 is 1.22 bits per heavy atom. The Bertz CT molecular complexity index is 997. The molecular weight excluding hydrogens is 336 g/mol. The summed E-state index contributed by atoms with van der Waals surface area (Å²) in [5.74, 6) is 0. The van der Waals surface area contributed by atoms with E-state index >= 15 is 0 Å². The number of hydrogen-bond acceptors (Lipinski definition) is 4. The molecule has 0 spiro atoms. The van der Waals surface area contributed by atoms with E-state index in [0.29, 0.717) is 11.3 Å². The highest BCUT2D eigenvalue weighted by Gasteiger charge is 2.24. The zero-order chi connectivity index (χ0) is 18.8. The third-order valence-electron chi connectivity index (χ3n) is 5.23. The van der Waals surface area contributed by atoms with E-state index in [-0.39, 0.29) is 6.04 Å². The molecule has 0 aliphatic carbocycles. The summed E-state index contributed by atoms with van der Waals surface area (Å²) in [7, 11) is 1.92. The fourth-order valence-electron chi connectivity index (χ4n) is 3.95. The molecule has 2 heterocycles. The Hall–Kier alpha value is -2.89. The number of nitrogens with two attached hydrogens (primary N) is 1. The monoisotopic (exact) mass is 360 g/mol. The van der Waals surface area contributed by atoms with Crippen LogP contribution in [0.1, 0.15) is 33.2 Å². The predicted octanol–water partition coefficient (Wildman–Crippen LogP) is 3.24. The number of anilines is 1. The van der Waals surface area contributed by atoms with E-state index in [1.165, 1.54) is 16.6 Å². The molecule has 4 N–H and O–H groups in total. The molecule has 3 aromatic rings. The van der Waals surface area contributed by atoms with Gasteiger partial charge in [0.15, 0.2) is 0 Å². The highest BCUT2D eigenvalue weighted by atomic mass is 16.1. The quantitative estimate of drug-likeness (QED) is 0.358. The van der Waals surface area contributed by atoms with Gasteiger partial charge in [-0.25, -0.2) is 0 Å². The van der Waals surface area contributed by atoms with Crippen LogP contribution in [0.3, 0.4) is 0 Å². The number of H-pyrrole nitrogens is 1. The van der Waals surface area contributed by atoms with Crippen molar-refractivity contribution in [1.82, 2.24) is 15.2 Å². The molecule has 1 atom stereocenters. The maximum absolute atomic E-state index is 11.7. The lowest BCUT2D eigenvalue weighted by Crippen LogP contribution is -2.24. The van der Waals surface area contributed by atoms with Crippen molar-refractivity contribution in [2.75, 3.05) is 25.9 Å². The molecule has 1 aliphatic rings. The van der Waals surface area contributed by atoms with Crippen molar-refractivity contribution in [1.29, 1.82) is 0 Å². The van der Waals surface area contributed by atoms with Gasteiger partial charge in [-0.2, -0.15) is 0 Å². The molecule has 0 amide bonds. The van der Waals surface area contributed by atoms with Crippen molar-refractivity contribution in [2.45, 2.75) is 12.6 Å². The van der Waals surface area contributed by atoms with Gasteiger partial charge >= 0.3 is 0 Å². The van der Waals surface area contributed by atoms with Gasteiger partial charge in [0, 0.05) is 53.0 Å². The number of nitrogens with zero attached hydrogens (tertiary/aromatic N) is 1. The Kier molecular flexibility index (Phi) is 4.79. The number of para-hydroxylation sites is 1. The summed E-state index contributed by atoms with van der Waals surface area (Å²) >= 11 is 0. The van der Waals surface area contributed by atoms with E-state index in [1.54, 1.807) is 12.1 Å². The van der Waals surface area contributed by atoms with Crippen molar-refractivity contribution in [3.63, 3.8) is 0 Å². The SMILES string of the molecule is CNC(c1cc(N)ccc1C=O)c1c(CN2CC=CC2)[nH]c2ccccc12. The molecule has 0 saturated heterocycles. The second kappa shape index (κ2) is 7.39. The van der Waals surface area contributed by atoms with E-state index in [0.717, 1.165) is 37.0 Å². The molecule has 138 valence electrons. The lowest BCUT2D eigenvalue weighted by Gasteiger charge is -2.22. The van der Waals surface area contributed by atoms with Crippen LogP contribution in [-0.4, -0.2) is 36.3 Å². The molecule has 2 aromatic carbocycles. The van der Waals surface area contributed by atoms with Gasteiger partial charge in [0.2, 0.25) is 0 Å². The summed E-state index contributed by atoms with van der Waals surface area (Å²) < 4.78 is 0. The van der Waals surface area contributed by atoms with Crippen molar-refractivity contribution in [3.05, 3.63) is 77.0 Å². The minimum Gasteiger partial charge on any atom is -0.399 e. The predicted molar refractivity (Wildman–Crippen MR) is 110 cm³/mol. The van der Waals surface area contributed by atoms with E-state index < -0.39 is 0 Å². The maximum atomic E-state index is 11.7. The van der Waals surface area contributed by atoms with Gasteiger partial charge in [0.1, 0.15) is 6.29 Å². The molecule has 27 heavy (non-hydrogen) atoms. The van der Waals surface area contributed by atoms with Crippen LogP contribution >= 0.6 is 0 Å². The van der Waals surface area contributed by atoms with Gasteiger partial charge in [0.25, 0.3) is 0 Å². The molecule has 0 radical (unpaired) electrons. The van der Waals surface area contributed by atoms with E-state index in [2.05, 4.69) is 39.5 Å². The number of aromatic nitrogens is 1. The molecule has 0 fully saturated rings. The Labute approximate surface area is 158 Å². The normalized spacial score (nSPS) is 15.4. The average Bonchev–Trinajstić information content (AvgIpc) is 3.31. The fraction of sp³-hybridized carbons (Fsp3) is 0.227. The molecular formula is C22H24N4O. The summed E-state index contributed by atoms with van der Waals surface area (Å²) in [6.45, 7) is 2.74. The van der Waals surface area contributed by atoms with Gasteiger partial charge < -0.3 is 16.0 Å². The number of hydrogen-bond donors (Lipinski definition) is 3. The van der Waals surface area contributed by atoms with Crippen LogP contribution in [-0.2, 0) is 6.54 Å². The Morgan fingerprint density at radius 3 is 2.74 bits per heavy atom. The van der Waals surface area contributed by atoms with Gasteiger partial charge in [-0.15, -0.1) is 0 Å². The summed E-state index contributed by atoms with van der Waals surface area (Å²) in [6, 6.07) is 13.6.